The van der Waals surface area contributed by atoms with Crippen molar-refractivity contribution in [2.24, 2.45) is 0 Å². The van der Waals surface area contributed by atoms with Gasteiger partial charge in [-0.25, -0.2) is 0 Å². The standard InChI is InChI=1S/C32H27NO4/c1-20-12-16-25(17-13-20)33-29(23-8-7-11-27(19-23)37-26-9-5-4-6-10-26)28(31(35)32(33)36)30(34)24-15-14-21(2)22(3)18-24/h4-19,29,34H,1-3H3/b30-28-. The predicted molar refractivity (Wildman–Crippen MR) is 145 cm³/mol. The molecule has 5 nitrogen and oxygen atoms in total. The first-order chi connectivity index (χ1) is 17.8. The van der Waals surface area contributed by atoms with Crippen LogP contribution >= 0.6 is 0 Å². The summed E-state index contributed by atoms with van der Waals surface area (Å²) in [7, 11) is 0. The number of amides is 1. The summed E-state index contributed by atoms with van der Waals surface area (Å²) in [4.78, 5) is 28.3. The number of ether oxygens (including phenoxy) is 1. The average Bonchev–Trinajstić information content (AvgIpc) is 3.17. The molecule has 1 N–H and O–H groups in total. The summed E-state index contributed by atoms with van der Waals surface area (Å²) >= 11 is 0. The number of para-hydroxylation sites is 1. The van der Waals surface area contributed by atoms with E-state index in [9.17, 15) is 14.7 Å². The van der Waals surface area contributed by atoms with Crippen LogP contribution in [0.25, 0.3) is 5.76 Å². The average molecular weight is 490 g/mol. The normalized spacial score (nSPS) is 16.7. The minimum Gasteiger partial charge on any atom is -0.507 e. The number of hydrogen-bond acceptors (Lipinski definition) is 4. The smallest absolute Gasteiger partial charge is 0.300 e. The molecule has 1 fully saturated rings. The topological polar surface area (TPSA) is 66.8 Å². The third-order valence-electron chi connectivity index (χ3n) is 6.69. The minimum absolute atomic E-state index is 0.0469. The Kier molecular flexibility index (Phi) is 6.36. The van der Waals surface area contributed by atoms with E-state index in [1.165, 1.54) is 4.90 Å². The van der Waals surface area contributed by atoms with Crippen molar-refractivity contribution in [1.82, 2.24) is 0 Å². The number of aliphatic hydroxyl groups excluding tert-OH is 1. The maximum atomic E-state index is 13.4. The number of aliphatic hydroxyl groups is 1. The number of nitrogens with zero attached hydrogens (tertiary/aromatic N) is 1. The maximum absolute atomic E-state index is 13.4. The Bertz CT molecular complexity index is 1520. The molecule has 0 radical (unpaired) electrons. The summed E-state index contributed by atoms with van der Waals surface area (Å²) in [6, 6.07) is 28.7. The van der Waals surface area contributed by atoms with E-state index < -0.39 is 17.7 Å². The van der Waals surface area contributed by atoms with E-state index in [4.69, 9.17) is 4.74 Å². The summed E-state index contributed by atoms with van der Waals surface area (Å²) < 4.78 is 6.03. The third kappa shape index (κ3) is 4.64. The van der Waals surface area contributed by atoms with Crippen molar-refractivity contribution in [2.45, 2.75) is 26.8 Å². The molecule has 5 rings (SSSR count). The number of aryl methyl sites for hydroxylation is 3. The molecule has 37 heavy (non-hydrogen) atoms. The maximum Gasteiger partial charge on any atom is 0.300 e. The van der Waals surface area contributed by atoms with Gasteiger partial charge in [-0.1, -0.05) is 60.2 Å². The second-order valence-corrected chi connectivity index (χ2v) is 9.29. The first-order valence-electron chi connectivity index (χ1n) is 12.1. The van der Waals surface area contributed by atoms with Gasteiger partial charge >= 0.3 is 0 Å². The molecule has 1 aliphatic heterocycles. The fourth-order valence-corrected chi connectivity index (χ4v) is 4.54. The molecule has 184 valence electrons. The van der Waals surface area contributed by atoms with Crippen LogP contribution in [0.1, 0.15) is 33.9 Å². The van der Waals surface area contributed by atoms with E-state index in [-0.39, 0.29) is 11.3 Å². The number of carbonyl (C=O) groups is 2. The number of rotatable bonds is 5. The molecular weight excluding hydrogens is 462 g/mol. The number of anilines is 1. The molecule has 1 aliphatic rings. The molecule has 0 aliphatic carbocycles. The fourth-order valence-electron chi connectivity index (χ4n) is 4.54. The molecule has 5 heteroatoms. The number of hydrogen-bond donors (Lipinski definition) is 1. The van der Waals surface area contributed by atoms with Gasteiger partial charge in [0.05, 0.1) is 11.6 Å². The summed E-state index contributed by atoms with van der Waals surface area (Å²) in [5.74, 6) is -0.383. The van der Waals surface area contributed by atoms with E-state index in [1.807, 2.05) is 106 Å². The molecule has 1 atom stereocenters. The summed E-state index contributed by atoms with van der Waals surface area (Å²) in [6.45, 7) is 5.88. The van der Waals surface area contributed by atoms with Crippen molar-refractivity contribution in [3.63, 3.8) is 0 Å². The molecular formula is C32H27NO4. The van der Waals surface area contributed by atoms with Crippen molar-refractivity contribution in [3.05, 3.63) is 130 Å². The van der Waals surface area contributed by atoms with Crippen molar-refractivity contribution in [1.29, 1.82) is 0 Å². The second kappa shape index (κ2) is 9.78. The lowest BCUT2D eigenvalue weighted by Crippen LogP contribution is -2.29. The number of carbonyl (C=O) groups excluding carboxylic acids is 2. The Hall–Kier alpha value is -4.64. The Morgan fingerprint density at radius 3 is 2.16 bits per heavy atom. The molecule has 4 aromatic rings. The van der Waals surface area contributed by atoms with E-state index in [0.29, 0.717) is 28.3 Å². The van der Waals surface area contributed by atoms with E-state index in [0.717, 1.165) is 16.7 Å². The van der Waals surface area contributed by atoms with E-state index in [2.05, 4.69) is 0 Å². The highest BCUT2D eigenvalue weighted by molar-refractivity contribution is 6.51. The lowest BCUT2D eigenvalue weighted by atomic mass is 9.94. The van der Waals surface area contributed by atoms with Gasteiger partial charge in [-0.05, 0) is 79.9 Å². The van der Waals surface area contributed by atoms with Gasteiger partial charge < -0.3 is 9.84 Å². The highest BCUT2D eigenvalue weighted by Crippen LogP contribution is 2.43. The Balaban J connectivity index is 1.67. The molecule has 0 bridgehead atoms. The largest absolute Gasteiger partial charge is 0.507 e. The van der Waals surface area contributed by atoms with Crippen LogP contribution in [0, 0.1) is 20.8 Å². The van der Waals surface area contributed by atoms with Crippen molar-refractivity contribution in [3.8, 4) is 11.5 Å². The van der Waals surface area contributed by atoms with Crippen molar-refractivity contribution < 1.29 is 19.4 Å². The van der Waals surface area contributed by atoms with Crippen LogP contribution in [0.4, 0.5) is 5.69 Å². The quantitative estimate of drug-likeness (QED) is 0.186. The first kappa shape index (κ1) is 24.1. The van der Waals surface area contributed by atoms with Gasteiger partial charge in [-0.3, -0.25) is 14.5 Å². The van der Waals surface area contributed by atoms with Gasteiger partial charge in [0.25, 0.3) is 11.7 Å². The third-order valence-corrected chi connectivity index (χ3v) is 6.69. The van der Waals surface area contributed by atoms with Crippen LogP contribution in [0.15, 0.2) is 103 Å². The molecule has 0 spiro atoms. The fraction of sp³-hybridized carbons (Fsp3) is 0.125. The Morgan fingerprint density at radius 1 is 0.757 bits per heavy atom. The Labute approximate surface area is 216 Å². The molecule has 1 heterocycles. The van der Waals surface area contributed by atoms with Gasteiger partial charge in [-0.2, -0.15) is 0 Å². The zero-order chi connectivity index (χ0) is 26.1. The van der Waals surface area contributed by atoms with E-state index >= 15 is 0 Å². The lowest BCUT2D eigenvalue weighted by molar-refractivity contribution is -0.132. The highest BCUT2D eigenvalue weighted by Gasteiger charge is 2.47. The van der Waals surface area contributed by atoms with Gasteiger partial charge in [-0.15, -0.1) is 0 Å². The second-order valence-electron chi connectivity index (χ2n) is 9.29. The zero-order valence-corrected chi connectivity index (χ0v) is 20.9. The number of ketones is 1. The summed E-state index contributed by atoms with van der Waals surface area (Å²) in [5, 5.41) is 11.4. The predicted octanol–water partition coefficient (Wildman–Crippen LogP) is 7.03. The number of benzene rings is 4. The van der Waals surface area contributed by atoms with Crippen molar-refractivity contribution in [2.75, 3.05) is 4.90 Å². The SMILES string of the molecule is Cc1ccc(N2C(=O)C(=O)/C(=C(\O)c3ccc(C)c(C)c3)C2c2cccc(Oc3ccccc3)c2)cc1. The summed E-state index contributed by atoms with van der Waals surface area (Å²) in [5.41, 5.74) is 4.85. The summed E-state index contributed by atoms with van der Waals surface area (Å²) in [6.07, 6.45) is 0. The zero-order valence-electron chi connectivity index (χ0n) is 20.9. The van der Waals surface area contributed by atoms with E-state index in [1.54, 1.807) is 12.1 Å². The molecule has 1 saturated heterocycles. The first-order valence-corrected chi connectivity index (χ1v) is 12.1. The van der Waals surface area contributed by atoms with Gasteiger partial charge in [0.15, 0.2) is 0 Å². The monoisotopic (exact) mass is 489 g/mol. The van der Waals surface area contributed by atoms with Crippen LogP contribution < -0.4 is 9.64 Å². The molecule has 0 saturated carbocycles. The van der Waals surface area contributed by atoms with Gasteiger partial charge in [0, 0.05) is 11.3 Å². The van der Waals surface area contributed by atoms with Crippen LogP contribution in [0.2, 0.25) is 0 Å². The van der Waals surface area contributed by atoms with Gasteiger partial charge in [0.1, 0.15) is 17.3 Å². The minimum atomic E-state index is -0.830. The van der Waals surface area contributed by atoms with Crippen LogP contribution in [-0.4, -0.2) is 16.8 Å². The van der Waals surface area contributed by atoms with Crippen LogP contribution in [0.5, 0.6) is 11.5 Å². The molecule has 4 aromatic carbocycles. The molecule has 1 amide bonds. The van der Waals surface area contributed by atoms with Gasteiger partial charge in [0.2, 0.25) is 0 Å². The van der Waals surface area contributed by atoms with Crippen molar-refractivity contribution >= 4 is 23.1 Å². The van der Waals surface area contributed by atoms with Crippen LogP contribution in [-0.2, 0) is 9.59 Å². The van der Waals surface area contributed by atoms with Crippen LogP contribution in [0.3, 0.4) is 0 Å². The molecule has 0 aromatic heterocycles. The lowest BCUT2D eigenvalue weighted by Gasteiger charge is -2.26. The highest BCUT2D eigenvalue weighted by atomic mass is 16.5. The molecule has 1 unspecified atom stereocenters. The Morgan fingerprint density at radius 2 is 1.46 bits per heavy atom. The number of Topliss-reactive ketones (excluding diaryl/α,β-unsaturated/α-hetero) is 1.